The quantitative estimate of drug-likeness (QED) is 0.0539. The topological polar surface area (TPSA) is 192 Å². The second-order valence-corrected chi connectivity index (χ2v) is 15.1. The summed E-state index contributed by atoms with van der Waals surface area (Å²) in [6.45, 7) is 4.18. The molecule has 1 heterocycles. The van der Waals surface area contributed by atoms with E-state index in [0.29, 0.717) is 32.8 Å². The van der Waals surface area contributed by atoms with Crippen LogP contribution in [0.4, 0.5) is 4.79 Å². The second kappa shape index (κ2) is 22.7. The van der Waals surface area contributed by atoms with Gasteiger partial charge in [0.1, 0.15) is 12.6 Å². The van der Waals surface area contributed by atoms with Crippen LogP contribution in [0.3, 0.4) is 0 Å². The lowest BCUT2D eigenvalue weighted by atomic mass is 9.98. The summed E-state index contributed by atoms with van der Waals surface area (Å²) in [5.41, 5.74) is 6.44. The van der Waals surface area contributed by atoms with E-state index in [4.69, 9.17) is 19.3 Å². The van der Waals surface area contributed by atoms with Crippen molar-refractivity contribution in [3.05, 3.63) is 95.7 Å². The van der Waals surface area contributed by atoms with Gasteiger partial charge in [0.15, 0.2) is 0 Å². The minimum Gasteiger partial charge on any atom is -0.481 e. The fourth-order valence-corrected chi connectivity index (χ4v) is 7.33. The van der Waals surface area contributed by atoms with E-state index in [-0.39, 0.29) is 69.8 Å². The third kappa shape index (κ3) is 12.8. The zero-order valence-electron chi connectivity index (χ0n) is 35.4. The molecule has 0 bridgehead atoms. The number of fused-ring (bicyclic) bond motifs is 4. The van der Waals surface area contributed by atoms with Gasteiger partial charge in [-0.3, -0.25) is 14.4 Å². The summed E-state index contributed by atoms with van der Waals surface area (Å²) >= 11 is 0. The van der Waals surface area contributed by atoms with Crippen molar-refractivity contribution in [1.29, 1.82) is 0 Å². The zero-order valence-corrected chi connectivity index (χ0v) is 35.4. The molecule has 0 spiro atoms. The van der Waals surface area contributed by atoms with E-state index in [2.05, 4.69) is 39.5 Å². The van der Waals surface area contributed by atoms with Crippen LogP contribution < -0.4 is 10.6 Å². The predicted octanol–water partition coefficient (Wildman–Crippen LogP) is 4.55. The molecular formula is C45H58N6O10. The number of carbonyl (C=O) groups is 5. The smallest absolute Gasteiger partial charge is 0.424 e. The molecule has 1 aliphatic carbocycles. The monoisotopic (exact) mass is 842 g/mol. The fourth-order valence-electron chi connectivity index (χ4n) is 7.33. The molecule has 328 valence electrons. The van der Waals surface area contributed by atoms with Crippen LogP contribution in [0.5, 0.6) is 0 Å². The first-order valence-electron chi connectivity index (χ1n) is 20.6. The molecule has 0 radical (unpaired) electrons. The number of ether oxygens (including phenoxy) is 3. The average Bonchev–Trinajstić information content (AvgIpc) is 3.77. The van der Waals surface area contributed by atoms with Crippen LogP contribution in [0.15, 0.2) is 78.9 Å². The number of hydrogen-bond acceptors (Lipinski definition) is 10. The molecule has 3 aromatic carbocycles. The Labute approximate surface area is 356 Å². The number of amides is 3. The van der Waals surface area contributed by atoms with Crippen LogP contribution in [0.25, 0.3) is 22.0 Å². The van der Waals surface area contributed by atoms with Crippen molar-refractivity contribution < 1.29 is 48.4 Å². The Hall–Kier alpha value is -5.81. The number of likely N-dealkylation sites (N-methyl/N-ethyl adjacent to an activating group) is 1. The maximum absolute atomic E-state index is 13.4. The number of aliphatic carboxylic acids is 2. The molecule has 4 aromatic rings. The van der Waals surface area contributed by atoms with Gasteiger partial charge < -0.3 is 44.5 Å². The Kier molecular flexibility index (Phi) is 17.2. The average molecular weight is 843 g/mol. The van der Waals surface area contributed by atoms with Gasteiger partial charge in [-0.15, -0.1) is 0 Å². The SMILES string of the molecule is CC(C(=O)O)N(C)C(=O)CCOCCOCCNCC(CCC(=O)O)NC(=O)CCn1c(CN(C)N(C)C(=O)OCC2c3ccccc3-c3ccccc32)cc2ccccc21. The van der Waals surface area contributed by atoms with E-state index in [1.165, 1.54) is 23.9 Å². The lowest BCUT2D eigenvalue weighted by molar-refractivity contribution is -0.148. The second-order valence-electron chi connectivity index (χ2n) is 15.1. The van der Waals surface area contributed by atoms with Gasteiger partial charge in [-0.1, -0.05) is 66.7 Å². The maximum atomic E-state index is 13.4. The number of aryl methyl sites for hydroxylation is 1. The Balaban J connectivity index is 1.07. The first kappa shape index (κ1) is 46.3. The van der Waals surface area contributed by atoms with Crippen molar-refractivity contribution in [3.63, 3.8) is 0 Å². The maximum Gasteiger partial charge on any atom is 0.424 e. The number of aromatic nitrogens is 1. The highest BCUT2D eigenvalue weighted by atomic mass is 16.6. The molecule has 0 saturated carbocycles. The van der Waals surface area contributed by atoms with Gasteiger partial charge in [0.05, 0.1) is 39.4 Å². The number of hydrogen-bond donors (Lipinski definition) is 4. The molecule has 5 rings (SSSR count). The van der Waals surface area contributed by atoms with E-state index >= 15 is 0 Å². The van der Waals surface area contributed by atoms with Gasteiger partial charge in [-0.05, 0) is 53.1 Å². The molecule has 0 saturated heterocycles. The molecule has 4 N–H and O–H groups in total. The molecule has 0 fully saturated rings. The number of carboxylic acids is 2. The highest BCUT2D eigenvalue weighted by molar-refractivity contribution is 5.84. The van der Waals surface area contributed by atoms with Crippen LogP contribution in [-0.4, -0.2) is 139 Å². The minimum absolute atomic E-state index is 0.0577. The van der Waals surface area contributed by atoms with Gasteiger partial charge >= 0.3 is 18.0 Å². The molecule has 2 atom stereocenters. The van der Waals surface area contributed by atoms with Gasteiger partial charge in [0.25, 0.3) is 0 Å². The molecule has 16 nitrogen and oxygen atoms in total. The van der Waals surface area contributed by atoms with Gasteiger partial charge in [0, 0.05) is 76.8 Å². The number of carbonyl (C=O) groups excluding carboxylic acids is 3. The number of nitrogens with one attached hydrogen (secondary N) is 2. The third-order valence-electron chi connectivity index (χ3n) is 11.0. The normalized spacial score (nSPS) is 13.1. The summed E-state index contributed by atoms with van der Waals surface area (Å²) in [6.07, 6.45) is -0.141. The van der Waals surface area contributed by atoms with Crippen LogP contribution in [0.1, 0.15) is 55.3 Å². The highest BCUT2D eigenvalue weighted by Crippen LogP contribution is 2.44. The van der Waals surface area contributed by atoms with Crippen molar-refractivity contribution in [1.82, 2.24) is 30.1 Å². The Bertz CT molecular complexity index is 2080. The van der Waals surface area contributed by atoms with E-state index in [1.54, 1.807) is 12.1 Å². The van der Waals surface area contributed by atoms with Gasteiger partial charge in [-0.25, -0.2) is 19.6 Å². The van der Waals surface area contributed by atoms with E-state index < -0.39 is 30.1 Å². The lowest BCUT2D eigenvalue weighted by Crippen LogP contribution is -2.43. The molecule has 1 aromatic heterocycles. The molecule has 61 heavy (non-hydrogen) atoms. The molecule has 1 aliphatic rings. The zero-order chi connectivity index (χ0) is 43.9. The van der Waals surface area contributed by atoms with Crippen molar-refractivity contribution in [2.24, 2.45) is 0 Å². The van der Waals surface area contributed by atoms with Crippen molar-refractivity contribution in [3.8, 4) is 11.1 Å². The Morgan fingerprint density at radius 3 is 2.11 bits per heavy atom. The highest BCUT2D eigenvalue weighted by Gasteiger charge is 2.30. The number of carboxylic acid groups (broad SMARTS) is 2. The van der Waals surface area contributed by atoms with Crippen molar-refractivity contribution >= 4 is 40.7 Å². The minimum atomic E-state index is -1.08. The third-order valence-corrected chi connectivity index (χ3v) is 11.0. The standard InChI is InChI=1S/C45H58N6O10/c1-31(44(56)57)49(3)42(53)20-23-59-25-26-60-24-21-46-28-33(17-18-43(54)55)47-41(52)19-22-51-34(27-32-11-5-10-16-40(32)51)29-48(2)50(4)45(58)61-30-39-37-14-8-6-12-35(37)36-13-7-9-15-38(36)39/h5-16,27,31,33,39,46H,17-26,28-30H2,1-4H3,(H,47,52)(H,54,55)(H,56,57). The lowest BCUT2D eigenvalue weighted by Gasteiger charge is -2.28. The molecule has 16 heteroatoms. The summed E-state index contributed by atoms with van der Waals surface area (Å²) in [7, 11) is 4.93. The predicted molar refractivity (Wildman–Crippen MR) is 229 cm³/mol. The summed E-state index contributed by atoms with van der Waals surface area (Å²) in [6, 6.07) is 25.0. The van der Waals surface area contributed by atoms with Crippen LogP contribution >= 0.6 is 0 Å². The fraction of sp³-hybridized carbons (Fsp3) is 0.444. The number of para-hydroxylation sites is 1. The van der Waals surface area contributed by atoms with Crippen LogP contribution in [-0.2, 0) is 46.5 Å². The van der Waals surface area contributed by atoms with E-state index in [0.717, 1.165) is 38.9 Å². The first-order valence-corrected chi connectivity index (χ1v) is 20.6. The molecular weight excluding hydrogens is 785 g/mol. The number of hydrazine groups is 1. The Morgan fingerprint density at radius 2 is 1.44 bits per heavy atom. The molecule has 3 amide bonds. The summed E-state index contributed by atoms with van der Waals surface area (Å²) in [5.74, 6) is -2.64. The van der Waals surface area contributed by atoms with Gasteiger partial charge in [-0.2, -0.15) is 0 Å². The largest absolute Gasteiger partial charge is 0.481 e. The van der Waals surface area contributed by atoms with E-state index in [9.17, 15) is 29.1 Å². The van der Waals surface area contributed by atoms with Crippen LogP contribution in [0.2, 0.25) is 0 Å². The first-order chi connectivity index (χ1) is 29.3. The summed E-state index contributed by atoms with van der Waals surface area (Å²) in [4.78, 5) is 62.4. The van der Waals surface area contributed by atoms with Crippen molar-refractivity contribution in [2.75, 3.05) is 67.3 Å². The Morgan fingerprint density at radius 1 is 0.803 bits per heavy atom. The molecule has 0 aliphatic heterocycles. The number of nitrogens with zero attached hydrogens (tertiary/aromatic N) is 4. The number of benzene rings is 3. The summed E-state index contributed by atoms with van der Waals surface area (Å²) < 4.78 is 19.0. The number of rotatable bonds is 25. The van der Waals surface area contributed by atoms with Crippen molar-refractivity contribution in [2.45, 2.75) is 63.7 Å². The van der Waals surface area contributed by atoms with Gasteiger partial charge in [0.2, 0.25) is 11.8 Å². The molecule has 2 unspecified atom stereocenters. The van der Waals surface area contributed by atoms with Crippen LogP contribution in [0, 0.1) is 0 Å². The summed E-state index contributed by atoms with van der Waals surface area (Å²) in [5, 5.41) is 28.8. The van der Waals surface area contributed by atoms with E-state index in [1.807, 2.05) is 61.6 Å².